The van der Waals surface area contributed by atoms with Gasteiger partial charge in [0.05, 0.1) is 0 Å². The second kappa shape index (κ2) is 7.78. The van der Waals surface area contributed by atoms with Gasteiger partial charge in [-0.15, -0.1) is 12.4 Å². The van der Waals surface area contributed by atoms with E-state index in [2.05, 4.69) is 10.2 Å². The highest BCUT2D eigenvalue weighted by atomic mass is 35.5. The van der Waals surface area contributed by atoms with Gasteiger partial charge in [0.2, 0.25) is 6.43 Å². The number of hydrogen-bond donors (Lipinski definition) is 1. The Hall–Kier alpha value is -0.710. The molecule has 1 saturated heterocycles. The van der Waals surface area contributed by atoms with Crippen molar-refractivity contribution in [2.45, 2.75) is 25.8 Å². The summed E-state index contributed by atoms with van der Waals surface area (Å²) in [5.74, 6) is 0. The number of benzene rings is 1. The Labute approximate surface area is 119 Å². The average molecular weight is 291 g/mol. The van der Waals surface area contributed by atoms with Gasteiger partial charge >= 0.3 is 0 Å². The summed E-state index contributed by atoms with van der Waals surface area (Å²) in [6.45, 7) is 5.44. The molecule has 0 spiro atoms. The van der Waals surface area contributed by atoms with Crippen LogP contribution in [0.5, 0.6) is 0 Å². The molecule has 19 heavy (non-hydrogen) atoms. The normalized spacial score (nSPS) is 18.1. The van der Waals surface area contributed by atoms with Gasteiger partial charge in [-0.25, -0.2) is 8.78 Å². The number of nitrogens with zero attached hydrogens (tertiary/aromatic N) is 1. The molecule has 1 heterocycles. The van der Waals surface area contributed by atoms with Crippen LogP contribution in [0.4, 0.5) is 8.78 Å². The Morgan fingerprint density at radius 2 is 1.95 bits per heavy atom. The fourth-order valence-corrected chi connectivity index (χ4v) is 2.54. The number of nitrogens with one attached hydrogen (secondary N) is 1. The van der Waals surface area contributed by atoms with Crippen molar-refractivity contribution in [2.24, 2.45) is 0 Å². The smallest absolute Gasteiger partial charge is 0.240 e. The second-order valence-electron chi connectivity index (χ2n) is 4.84. The minimum absolute atomic E-state index is 0. The zero-order valence-electron chi connectivity index (χ0n) is 11.1. The maximum absolute atomic E-state index is 12.8. The summed E-state index contributed by atoms with van der Waals surface area (Å²) in [4.78, 5) is 2.16. The maximum Gasteiger partial charge on any atom is 0.240 e. The van der Waals surface area contributed by atoms with E-state index >= 15 is 0 Å². The lowest BCUT2D eigenvalue weighted by atomic mass is 9.99. The molecule has 0 unspecified atom stereocenters. The lowest BCUT2D eigenvalue weighted by molar-refractivity contribution is 0.0739. The highest BCUT2D eigenvalue weighted by Crippen LogP contribution is 2.28. The Balaban J connectivity index is 0.00000180. The Morgan fingerprint density at radius 1 is 1.26 bits per heavy atom. The van der Waals surface area contributed by atoms with E-state index < -0.39 is 6.43 Å². The van der Waals surface area contributed by atoms with Gasteiger partial charge in [0.15, 0.2) is 0 Å². The number of alkyl halides is 2. The Kier molecular flexibility index (Phi) is 6.69. The molecule has 1 aromatic carbocycles. The third kappa shape index (κ3) is 4.71. The van der Waals surface area contributed by atoms with Crippen molar-refractivity contribution in [2.75, 3.05) is 26.2 Å². The van der Waals surface area contributed by atoms with Gasteiger partial charge in [-0.05, 0) is 12.5 Å². The topological polar surface area (TPSA) is 15.3 Å². The number of rotatable bonds is 4. The first-order valence-electron chi connectivity index (χ1n) is 6.46. The third-order valence-electron chi connectivity index (χ3n) is 3.42. The molecule has 1 N–H and O–H groups in total. The van der Waals surface area contributed by atoms with Crippen molar-refractivity contribution in [3.63, 3.8) is 0 Å². The van der Waals surface area contributed by atoms with E-state index in [1.165, 1.54) is 0 Å². The fourth-order valence-electron chi connectivity index (χ4n) is 2.54. The molecule has 0 radical (unpaired) electrons. The lowest BCUT2D eigenvalue weighted by Gasteiger charge is -2.35. The zero-order chi connectivity index (χ0) is 13.0. The number of halogens is 3. The van der Waals surface area contributed by atoms with Crippen molar-refractivity contribution in [1.29, 1.82) is 0 Å². The predicted octanol–water partition coefficient (Wildman–Crippen LogP) is 3.02. The molecule has 1 aromatic rings. The van der Waals surface area contributed by atoms with E-state index in [1.54, 1.807) is 0 Å². The van der Waals surface area contributed by atoms with Crippen LogP contribution in [0.2, 0.25) is 0 Å². The summed E-state index contributed by atoms with van der Waals surface area (Å²) in [5.41, 5.74) is 2.14. The molecule has 1 aliphatic rings. The molecule has 0 bridgehead atoms. The quantitative estimate of drug-likeness (QED) is 0.917. The average Bonchev–Trinajstić information content (AvgIpc) is 2.37. The van der Waals surface area contributed by atoms with Gasteiger partial charge in [-0.3, -0.25) is 4.90 Å². The first-order valence-corrected chi connectivity index (χ1v) is 6.46. The zero-order valence-corrected chi connectivity index (χ0v) is 11.9. The standard InChI is InChI=1S/C14H20F2N2.ClH/c1-11-3-2-4-12(9-11)13(10-14(15)16)18-7-5-17-6-8-18;/h2-4,9,13-14,17H,5-8,10H2,1H3;1H/t13-;/m1./s1. The molecule has 0 saturated carbocycles. The van der Waals surface area contributed by atoms with Crippen molar-refractivity contribution in [1.82, 2.24) is 10.2 Å². The molecule has 2 rings (SSSR count). The summed E-state index contributed by atoms with van der Waals surface area (Å²) in [6.07, 6.45) is -2.34. The van der Waals surface area contributed by atoms with E-state index in [0.29, 0.717) is 0 Å². The van der Waals surface area contributed by atoms with Gasteiger partial charge in [0.25, 0.3) is 0 Å². The summed E-state index contributed by atoms with van der Waals surface area (Å²) < 4.78 is 25.6. The number of aryl methyl sites for hydroxylation is 1. The van der Waals surface area contributed by atoms with Crippen LogP contribution in [0.25, 0.3) is 0 Å². The van der Waals surface area contributed by atoms with Gasteiger partial charge in [-0.1, -0.05) is 29.8 Å². The third-order valence-corrected chi connectivity index (χ3v) is 3.42. The predicted molar refractivity (Wildman–Crippen MR) is 76.2 cm³/mol. The molecule has 1 fully saturated rings. The minimum Gasteiger partial charge on any atom is -0.314 e. The van der Waals surface area contributed by atoms with E-state index in [9.17, 15) is 8.78 Å². The Bertz CT molecular complexity index is 381. The van der Waals surface area contributed by atoms with E-state index in [-0.39, 0.29) is 24.9 Å². The largest absolute Gasteiger partial charge is 0.314 e. The van der Waals surface area contributed by atoms with Crippen LogP contribution in [0.1, 0.15) is 23.6 Å². The molecule has 1 aliphatic heterocycles. The van der Waals surface area contributed by atoms with Crippen LogP contribution in [-0.2, 0) is 0 Å². The molecule has 108 valence electrons. The molecular weight excluding hydrogens is 270 g/mol. The summed E-state index contributed by atoms with van der Waals surface area (Å²) >= 11 is 0. The summed E-state index contributed by atoms with van der Waals surface area (Å²) in [7, 11) is 0. The molecule has 0 amide bonds. The fraction of sp³-hybridized carbons (Fsp3) is 0.571. The van der Waals surface area contributed by atoms with Crippen LogP contribution >= 0.6 is 12.4 Å². The number of piperazine rings is 1. The van der Waals surface area contributed by atoms with E-state index in [1.807, 2.05) is 31.2 Å². The van der Waals surface area contributed by atoms with Gasteiger partial charge in [-0.2, -0.15) is 0 Å². The molecule has 0 aliphatic carbocycles. The van der Waals surface area contributed by atoms with Gasteiger partial charge in [0, 0.05) is 38.6 Å². The highest BCUT2D eigenvalue weighted by Gasteiger charge is 2.25. The highest BCUT2D eigenvalue weighted by molar-refractivity contribution is 5.85. The first-order chi connectivity index (χ1) is 8.66. The van der Waals surface area contributed by atoms with Crippen LogP contribution in [0.3, 0.4) is 0 Å². The van der Waals surface area contributed by atoms with Crippen LogP contribution in [0.15, 0.2) is 24.3 Å². The van der Waals surface area contributed by atoms with Crippen molar-refractivity contribution >= 4 is 12.4 Å². The molecule has 5 heteroatoms. The maximum atomic E-state index is 12.8. The first kappa shape index (κ1) is 16.3. The van der Waals surface area contributed by atoms with Gasteiger partial charge < -0.3 is 5.32 Å². The van der Waals surface area contributed by atoms with Crippen LogP contribution in [0, 0.1) is 6.92 Å². The van der Waals surface area contributed by atoms with Crippen LogP contribution in [-0.4, -0.2) is 37.5 Å². The summed E-state index contributed by atoms with van der Waals surface area (Å²) in [5, 5.41) is 3.26. The molecular formula is C14H21ClF2N2. The number of hydrogen-bond acceptors (Lipinski definition) is 2. The SMILES string of the molecule is Cc1cccc([C@@H](CC(F)F)N2CCNCC2)c1.Cl. The van der Waals surface area contributed by atoms with Gasteiger partial charge in [0.1, 0.15) is 0 Å². The van der Waals surface area contributed by atoms with E-state index in [4.69, 9.17) is 0 Å². The van der Waals surface area contributed by atoms with Crippen molar-refractivity contribution in [3.8, 4) is 0 Å². The van der Waals surface area contributed by atoms with Crippen molar-refractivity contribution in [3.05, 3.63) is 35.4 Å². The van der Waals surface area contributed by atoms with Crippen LogP contribution < -0.4 is 5.32 Å². The molecule has 0 aromatic heterocycles. The van der Waals surface area contributed by atoms with Crippen molar-refractivity contribution < 1.29 is 8.78 Å². The summed E-state index contributed by atoms with van der Waals surface area (Å²) in [6, 6.07) is 7.77. The monoisotopic (exact) mass is 290 g/mol. The molecule has 2 nitrogen and oxygen atoms in total. The van der Waals surface area contributed by atoms with E-state index in [0.717, 1.165) is 37.3 Å². The minimum atomic E-state index is -2.26. The molecule has 1 atom stereocenters. The second-order valence-corrected chi connectivity index (χ2v) is 4.84. The Morgan fingerprint density at radius 3 is 2.53 bits per heavy atom. The lowest BCUT2D eigenvalue weighted by Crippen LogP contribution is -2.45.